The van der Waals surface area contributed by atoms with Gasteiger partial charge in [-0.05, 0) is 31.3 Å². The molecule has 0 saturated carbocycles. The lowest BCUT2D eigenvalue weighted by Gasteiger charge is -2.39. The first-order valence-electron chi connectivity index (χ1n) is 7.57. The van der Waals surface area contributed by atoms with E-state index in [1.165, 1.54) is 4.90 Å². The first-order chi connectivity index (χ1) is 9.01. The van der Waals surface area contributed by atoms with Crippen molar-refractivity contribution >= 4 is 24.2 Å². The number of rotatable bonds is 7. The van der Waals surface area contributed by atoms with E-state index in [0.717, 1.165) is 32.5 Å². The quantitative estimate of drug-likeness (QED) is 0.679. The van der Waals surface area contributed by atoms with Crippen LogP contribution in [-0.2, 0) is 9.59 Å². The van der Waals surface area contributed by atoms with Gasteiger partial charge in [0.05, 0.1) is 0 Å². The van der Waals surface area contributed by atoms with Gasteiger partial charge in [0.15, 0.2) is 0 Å². The van der Waals surface area contributed by atoms with E-state index in [4.69, 9.17) is 0 Å². The maximum atomic E-state index is 12.2. The van der Waals surface area contributed by atoms with Crippen LogP contribution >= 0.6 is 12.4 Å². The van der Waals surface area contributed by atoms with Crippen LogP contribution in [0.15, 0.2) is 0 Å². The van der Waals surface area contributed by atoms with E-state index in [1.54, 1.807) is 0 Å². The summed E-state index contributed by atoms with van der Waals surface area (Å²) in [6, 6.07) is 0. The standard InChI is InChI=1S/C15H28N2O2.ClH/c1-5-15(6-2)11-13(18)17(14(19)12-15)10-9-16(7-3)8-4;/h5-12H2,1-4H3;1H. The molecule has 1 aliphatic rings. The molecular formula is C15H29ClN2O2. The molecule has 2 amide bonds. The van der Waals surface area contributed by atoms with Crippen LogP contribution in [0.3, 0.4) is 0 Å². The zero-order chi connectivity index (χ0) is 14.5. The highest BCUT2D eigenvalue weighted by atomic mass is 35.5. The molecule has 0 radical (unpaired) electrons. The van der Waals surface area contributed by atoms with Gasteiger partial charge in [-0.25, -0.2) is 0 Å². The van der Waals surface area contributed by atoms with E-state index in [1.807, 2.05) is 0 Å². The molecule has 1 saturated heterocycles. The molecule has 5 heteroatoms. The molecule has 0 atom stereocenters. The molecule has 0 aromatic rings. The van der Waals surface area contributed by atoms with Crippen molar-refractivity contribution in [2.75, 3.05) is 26.2 Å². The van der Waals surface area contributed by atoms with Crippen molar-refractivity contribution in [3.05, 3.63) is 0 Å². The molecule has 4 nitrogen and oxygen atoms in total. The van der Waals surface area contributed by atoms with Crippen LogP contribution in [0, 0.1) is 5.41 Å². The Morgan fingerprint density at radius 2 is 1.45 bits per heavy atom. The van der Waals surface area contributed by atoms with Crippen LogP contribution in [0.5, 0.6) is 0 Å². The minimum atomic E-state index is -0.0835. The summed E-state index contributed by atoms with van der Waals surface area (Å²) < 4.78 is 0. The number of halogens is 1. The van der Waals surface area contributed by atoms with Gasteiger partial charge in [-0.2, -0.15) is 0 Å². The van der Waals surface area contributed by atoms with Crippen LogP contribution in [-0.4, -0.2) is 47.8 Å². The summed E-state index contributed by atoms with van der Waals surface area (Å²) in [6.07, 6.45) is 2.88. The Kier molecular flexibility index (Phi) is 8.36. The molecule has 0 aromatic carbocycles. The van der Waals surface area contributed by atoms with Gasteiger partial charge in [-0.3, -0.25) is 14.5 Å². The second kappa shape index (κ2) is 8.63. The van der Waals surface area contributed by atoms with Gasteiger partial charge in [0.1, 0.15) is 0 Å². The fourth-order valence-electron chi connectivity index (χ4n) is 2.81. The number of hydrogen-bond donors (Lipinski definition) is 0. The van der Waals surface area contributed by atoms with Gasteiger partial charge in [0.2, 0.25) is 11.8 Å². The number of carbonyl (C=O) groups excluding carboxylic acids is 2. The average molecular weight is 305 g/mol. The normalized spacial score (nSPS) is 18.4. The predicted molar refractivity (Wildman–Crippen MR) is 84.0 cm³/mol. The summed E-state index contributed by atoms with van der Waals surface area (Å²) in [5.41, 5.74) is -0.0835. The maximum absolute atomic E-state index is 12.2. The largest absolute Gasteiger partial charge is 0.302 e. The SMILES string of the molecule is CCN(CC)CCN1C(=O)CC(CC)(CC)CC1=O.Cl. The van der Waals surface area contributed by atoms with Crippen molar-refractivity contribution in [2.24, 2.45) is 5.41 Å². The fourth-order valence-corrected chi connectivity index (χ4v) is 2.81. The van der Waals surface area contributed by atoms with Gasteiger partial charge in [-0.1, -0.05) is 27.7 Å². The number of likely N-dealkylation sites (N-methyl/N-ethyl adjacent to an activating group) is 1. The van der Waals surface area contributed by atoms with E-state index in [9.17, 15) is 9.59 Å². The number of carbonyl (C=O) groups is 2. The topological polar surface area (TPSA) is 40.6 Å². The number of piperidine rings is 1. The molecule has 0 N–H and O–H groups in total. The zero-order valence-corrected chi connectivity index (χ0v) is 14.1. The van der Waals surface area contributed by atoms with E-state index in [0.29, 0.717) is 19.4 Å². The van der Waals surface area contributed by atoms with E-state index in [2.05, 4.69) is 32.6 Å². The summed E-state index contributed by atoms with van der Waals surface area (Å²) >= 11 is 0. The predicted octanol–water partition coefficient (Wildman–Crippen LogP) is 2.71. The van der Waals surface area contributed by atoms with E-state index in [-0.39, 0.29) is 29.6 Å². The molecule has 0 unspecified atom stereocenters. The van der Waals surface area contributed by atoms with Crippen molar-refractivity contribution in [1.82, 2.24) is 9.80 Å². The minimum Gasteiger partial charge on any atom is -0.302 e. The first-order valence-corrected chi connectivity index (χ1v) is 7.57. The van der Waals surface area contributed by atoms with Gasteiger partial charge in [-0.15, -0.1) is 12.4 Å². The number of hydrogen-bond acceptors (Lipinski definition) is 3. The highest BCUT2D eigenvalue weighted by molar-refractivity contribution is 5.98. The van der Waals surface area contributed by atoms with Crippen molar-refractivity contribution in [3.63, 3.8) is 0 Å². The Morgan fingerprint density at radius 3 is 1.80 bits per heavy atom. The third-order valence-electron chi connectivity index (χ3n) is 4.69. The number of amides is 2. The van der Waals surface area contributed by atoms with E-state index < -0.39 is 0 Å². The number of nitrogens with zero attached hydrogens (tertiary/aromatic N) is 2. The summed E-state index contributed by atoms with van der Waals surface area (Å²) in [7, 11) is 0. The first kappa shape index (κ1) is 19.4. The Labute approximate surface area is 129 Å². The lowest BCUT2D eigenvalue weighted by Crippen LogP contribution is -2.50. The summed E-state index contributed by atoms with van der Waals surface area (Å²) in [5.74, 6) is 0.0409. The Morgan fingerprint density at radius 1 is 1.00 bits per heavy atom. The average Bonchev–Trinajstić information content (AvgIpc) is 2.41. The molecule has 1 fully saturated rings. The van der Waals surface area contributed by atoms with Crippen LogP contribution in [0.4, 0.5) is 0 Å². The molecule has 0 aliphatic carbocycles. The van der Waals surface area contributed by atoms with Crippen LogP contribution in [0.2, 0.25) is 0 Å². The van der Waals surface area contributed by atoms with Gasteiger partial charge in [0.25, 0.3) is 0 Å². The van der Waals surface area contributed by atoms with Crippen molar-refractivity contribution in [1.29, 1.82) is 0 Å². The molecule has 0 bridgehead atoms. The van der Waals surface area contributed by atoms with Gasteiger partial charge < -0.3 is 4.90 Å². The Bertz CT molecular complexity index is 306. The molecule has 20 heavy (non-hydrogen) atoms. The van der Waals surface area contributed by atoms with Crippen molar-refractivity contribution in [3.8, 4) is 0 Å². The summed E-state index contributed by atoms with van der Waals surface area (Å²) in [6.45, 7) is 11.6. The lowest BCUT2D eigenvalue weighted by molar-refractivity contribution is -0.154. The third-order valence-corrected chi connectivity index (χ3v) is 4.69. The van der Waals surface area contributed by atoms with Gasteiger partial charge >= 0.3 is 0 Å². The maximum Gasteiger partial charge on any atom is 0.229 e. The second-order valence-electron chi connectivity index (χ2n) is 5.53. The van der Waals surface area contributed by atoms with Crippen molar-refractivity contribution < 1.29 is 9.59 Å². The highest BCUT2D eigenvalue weighted by Crippen LogP contribution is 2.38. The lowest BCUT2D eigenvalue weighted by atomic mass is 9.73. The summed E-state index contributed by atoms with van der Waals surface area (Å²) in [4.78, 5) is 28.1. The van der Waals surface area contributed by atoms with Crippen LogP contribution in [0.1, 0.15) is 53.4 Å². The summed E-state index contributed by atoms with van der Waals surface area (Å²) in [5, 5.41) is 0. The van der Waals surface area contributed by atoms with Crippen molar-refractivity contribution in [2.45, 2.75) is 53.4 Å². The molecule has 118 valence electrons. The monoisotopic (exact) mass is 304 g/mol. The van der Waals surface area contributed by atoms with Gasteiger partial charge in [0, 0.05) is 25.9 Å². The number of imide groups is 1. The Hall–Kier alpha value is -0.610. The molecule has 1 heterocycles. The van der Waals surface area contributed by atoms with Crippen LogP contribution in [0.25, 0.3) is 0 Å². The fraction of sp³-hybridized carbons (Fsp3) is 0.867. The molecule has 0 aromatic heterocycles. The highest BCUT2D eigenvalue weighted by Gasteiger charge is 2.41. The van der Waals surface area contributed by atoms with Crippen LogP contribution < -0.4 is 0 Å². The third kappa shape index (κ3) is 4.45. The zero-order valence-electron chi connectivity index (χ0n) is 13.3. The number of likely N-dealkylation sites (tertiary alicyclic amines) is 1. The molecule has 0 spiro atoms. The second-order valence-corrected chi connectivity index (χ2v) is 5.53. The Balaban J connectivity index is 0.00000361. The minimum absolute atomic E-state index is 0. The molecule has 1 rings (SSSR count). The smallest absolute Gasteiger partial charge is 0.229 e. The molecular weight excluding hydrogens is 276 g/mol. The molecule has 1 aliphatic heterocycles. The van der Waals surface area contributed by atoms with E-state index >= 15 is 0 Å².